The van der Waals surface area contributed by atoms with Gasteiger partial charge in [-0.1, -0.05) is 78.1 Å². The van der Waals surface area contributed by atoms with Crippen molar-refractivity contribution < 1.29 is 19.4 Å². The first-order valence-corrected chi connectivity index (χ1v) is 11.9. The van der Waals surface area contributed by atoms with Gasteiger partial charge in [0, 0.05) is 0 Å². The molecule has 0 saturated carbocycles. The summed E-state index contributed by atoms with van der Waals surface area (Å²) in [5.74, 6) is -1.21. The van der Waals surface area contributed by atoms with Crippen LogP contribution in [0.2, 0.25) is 0 Å². The van der Waals surface area contributed by atoms with E-state index < -0.39 is 12.0 Å². The Balaban J connectivity index is 4.08. The van der Waals surface area contributed by atoms with Crippen LogP contribution in [-0.4, -0.2) is 42.3 Å². The third kappa shape index (κ3) is 17.4. The van der Waals surface area contributed by atoms with E-state index in [0.717, 1.165) is 32.2 Å². The molecule has 0 bridgehead atoms. The average molecular weight is 415 g/mol. The number of carbonyl (C=O) groups is 2. The highest BCUT2D eigenvalue weighted by molar-refractivity contribution is 5.75. The molecule has 0 aliphatic rings. The van der Waals surface area contributed by atoms with Gasteiger partial charge in [-0.2, -0.15) is 0 Å². The van der Waals surface area contributed by atoms with Gasteiger partial charge in [0.2, 0.25) is 0 Å². The maximum atomic E-state index is 12.4. The minimum atomic E-state index is -0.994. The van der Waals surface area contributed by atoms with E-state index in [-0.39, 0.29) is 12.0 Å². The Morgan fingerprint density at radius 2 is 1.38 bits per heavy atom. The maximum absolute atomic E-state index is 12.4. The Morgan fingerprint density at radius 1 is 0.828 bits per heavy atom. The Labute approximate surface area is 178 Å². The fourth-order valence-electron chi connectivity index (χ4n) is 3.31. The van der Waals surface area contributed by atoms with Crippen LogP contribution in [0.1, 0.15) is 110 Å². The average Bonchev–Trinajstić information content (AvgIpc) is 2.70. The van der Waals surface area contributed by atoms with Gasteiger partial charge < -0.3 is 20.9 Å². The molecule has 2 atom stereocenters. The molecule has 0 aromatic heterocycles. The molecule has 0 heterocycles. The summed E-state index contributed by atoms with van der Waals surface area (Å²) in [6.45, 7) is 5.64. The molecule has 0 radical (unpaired) electrons. The molecule has 0 spiro atoms. The van der Waals surface area contributed by atoms with Gasteiger partial charge in [0.25, 0.3) is 0 Å². The highest BCUT2D eigenvalue weighted by atomic mass is 16.5. The fraction of sp³-hybridized carbons (Fsp3) is 0.913. The lowest BCUT2D eigenvalue weighted by Gasteiger charge is -2.18. The van der Waals surface area contributed by atoms with Crippen LogP contribution in [0.25, 0.3) is 0 Å². The van der Waals surface area contributed by atoms with Crippen LogP contribution in [0.4, 0.5) is 0 Å². The number of carbonyl (C=O) groups excluding carboxylic acids is 1. The molecule has 6 heteroatoms. The van der Waals surface area contributed by atoms with Crippen LogP contribution in [0.5, 0.6) is 0 Å². The maximum Gasteiger partial charge on any atom is 0.323 e. The van der Waals surface area contributed by atoms with Gasteiger partial charge >= 0.3 is 11.9 Å². The molecule has 172 valence electrons. The van der Waals surface area contributed by atoms with Crippen LogP contribution in [0, 0.1) is 0 Å². The number of esters is 1. The monoisotopic (exact) mass is 414 g/mol. The predicted molar refractivity (Wildman–Crippen MR) is 119 cm³/mol. The third-order valence-electron chi connectivity index (χ3n) is 5.27. The fourth-order valence-corrected chi connectivity index (χ4v) is 3.31. The molecular weight excluding hydrogens is 368 g/mol. The van der Waals surface area contributed by atoms with Gasteiger partial charge in [0.05, 0.1) is 6.61 Å². The predicted octanol–water partition coefficient (Wildman–Crippen LogP) is 4.79. The van der Waals surface area contributed by atoms with Gasteiger partial charge in [0.15, 0.2) is 0 Å². The standard InChI is InChI=1S/C23H46N2O4/c1-3-5-7-9-10-11-12-14-19-29-23(28)21(25-18-13-8-6-4-2)17-15-16-20(24)22(26)27/h20-21,25H,3-19,24H2,1-2H3,(H,26,27)/t20-,21?/m0/s1. The van der Waals surface area contributed by atoms with Crippen molar-refractivity contribution >= 4 is 11.9 Å². The van der Waals surface area contributed by atoms with E-state index in [4.69, 9.17) is 15.6 Å². The Bertz CT molecular complexity index is 404. The molecule has 4 N–H and O–H groups in total. The number of nitrogens with one attached hydrogen (secondary N) is 1. The summed E-state index contributed by atoms with van der Waals surface area (Å²) < 4.78 is 5.48. The Hall–Kier alpha value is -1.14. The van der Waals surface area contributed by atoms with E-state index in [1.807, 2.05) is 0 Å². The van der Waals surface area contributed by atoms with Gasteiger partial charge in [-0.3, -0.25) is 9.59 Å². The molecule has 0 aromatic rings. The number of carboxylic acid groups (broad SMARTS) is 1. The van der Waals surface area contributed by atoms with Gasteiger partial charge in [-0.15, -0.1) is 0 Å². The van der Waals surface area contributed by atoms with Crippen molar-refractivity contribution in [3.8, 4) is 0 Å². The summed E-state index contributed by atoms with van der Waals surface area (Å²) in [5, 5.41) is 12.2. The van der Waals surface area contributed by atoms with Crippen molar-refractivity contribution in [1.82, 2.24) is 5.32 Å². The lowest BCUT2D eigenvalue weighted by Crippen LogP contribution is -2.39. The second-order valence-corrected chi connectivity index (χ2v) is 8.09. The molecule has 29 heavy (non-hydrogen) atoms. The van der Waals surface area contributed by atoms with Crippen LogP contribution in [0.3, 0.4) is 0 Å². The number of ether oxygens (including phenoxy) is 1. The summed E-state index contributed by atoms with van der Waals surface area (Å²) in [6.07, 6.45) is 15.8. The summed E-state index contributed by atoms with van der Waals surface area (Å²) in [4.78, 5) is 23.3. The minimum Gasteiger partial charge on any atom is -0.480 e. The SMILES string of the molecule is CCCCCCCCCCOC(=O)C(CCC[C@H](N)C(=O)O)NCCCCCC. The molecule has 0 aromatic carbocycles. The molecule has 0 aliphatic carbocycles. The van der Waals surface area contributed by atoms with E-state index in [0.29, 0.717) is 25.9 Å². The van der Waals surface area contributed by atoms with Crippen molar-refractivity contribution in [2.75, 3.05) is 13.2 Å². The summed E-state index contributed by atoms with van der Waals surface area (Å²) in [6, 6.07) is -1.24. The smallest absolute Gasteiger partial charge is 0.323 e. The summed E-state index contributed by atoms with van der Waals surface area (Å²) in [5.41, 5.74) is 5.56. The highest BCUT2D eigenvalue weighted by Gasteiger charge is 2.20. The number of unbranched alkanes of at least 4 members (excludes halogenated alkanes) is 10. The summed E-state index contributed by atoms with van der Waals surface area (Å²) >= 11 is 0. The summed E-state index contributed by atoms with van der Waals surface area (Å²) in [7, 11) is 0. The van der Waals surface area contributed by atoms with Crippen molar-refractivity contribution in [1.29, 1.82) is 0 Å². The van der Waals surface area contributed by atoms with Crippen LogP contribution in [-0.2, 0) is 14.3 Å². The molecule has 0 saturated heterocycles. The molecule has 0 amide bonds. The van der Waals surface area contributed by atoms with E-state index >= 15 is 0 Å². The van der Waals surface area contributed by atoms with Crippen LogP contribution >= 0.6 is 0 Å². The Kier molecular flexibility index (Phi) is 19.4. The zero-order valence-corrected chi connectivity index (χ0v) is 18.9. The molecule has 0 rings (SSSR count). The molecular formula is C23H46N2O4. The van der Waals surface area contributed by atoms with Crippen molar-refractivity contribution in [3.63, 3.8) is 0 Å². The lowest BCUT2D eigenvalue weighted by molar-refractivity contribution is -0.146. The number of nitrogens with two attached hydrogens (primary N) is 1. The minimum absolute atomic E-state index is 0.215. The first kappa shape index (κ1) is 27.9. The first-order chi connectivity index (χ1) is 14.0. The second kappa shape index (κ2) is 20.1. The highest BCUT2D eigenvalue weighted by Crippen LogP contribution is 2.10. The molecule has 6 nitrogen and oxygen atoms in total. The zero-order valence-electron chi connectivity index (χ0n) is 18.9. The van der Waals surface area contributed by atoms with Crippen molar-refractivity contribution in [2.24, 2.45) is 5.73 Å². The molecule has 0 aliphatic heterocycles. The number of aliphatic carboxylic acids is 1. The van der Waals surface area contributed by atoms with E-state index in [9.17, 15) is 9.59 Å². The molecule has 1 unspecified atom stereocenters. The van der Waals surface area contributed by atoms with Crippen LogP contribution in [0.15, 0.2) is 0 Å². The normalized spacial score (nSPS) is 13.2. The van der Waals surface area contributed by atoms with Gasteiger partial charge in [-0.25, -0.2) is 0 Å². The number of carboxylic acids is 1. The van der Waals surface area contributed by atoms with Gasteiger partial charge in [0.1, 0.15) is 12.1 Å². The molecule has 0 fully saturated rings. The van der Waals surface area contributed by atoms with Crippen LogP contribution < -0.4 is 11.1 Å². The van der Waals surface area contributed by atoms with E-state index in [1.54, 1.807) is 0 Å². The van der Waals surface area contributed by atoms with E-state index in [1.165, 1.54) is 51.4 Å². The first-order valence-electron chi connectivity index (χ1n) is 11.9. The number of rotatable bonds is 21. The van der Waals surface area contributed by atoms with E-state index in [2.05, 4.69) is 19.2 Å². The Morgan fingerprint density at radius 3 is 1.97 bits per heavy atom. The van der Waals surface area contributed by atoms with Crippen molar-refractivity contribution in [3.05, 3.63) is 0 Å². The quantitative estimate of drug-likeness (QED) is 0.184. The lowest BCUT2D eigenvalue weighted by atomic mass is 10.1. The number of hydrogen-bond acceptors (Lipinski definition) is 5. The van der Waals surface area contributed by atoms with Gasteiger partial charge in [-0.05, 0) is 38.6 Å². The third-order valence-corrected chi connectivity index (χ3v) is 5.27. The van der Waals surface area contributed by atoms with Crippen molar-refractivity contribution in [2.45, 2.75) is 122 Å². The zero-order chi connectivity index (χ0) is 21.7. The largest absolute Gasteiger partial charge is 0.480 e. The second-order valence-electron chi connectivity index (χ2n) is 8.09. The topological polar surface area (TPSA) is 102 Å². The number of hydrogen-bond donors (Lipinski definition) is 3.